The SMILES string of the molecule is CNCc1ccc(Cl)cc1Oc1ccc2c(c1)OCCS2.O=CO. The van der Waals surface area contributed by atoms with Gasteiger partial charge in [-0.25, -0.2) is 0 Å². The lowest BCUT2D eigenvalue weighted by molar-refractivity contribution is -0.122. The number of fused-ring (bicyclic) bond motifs is 1. The van der Waals surface area contributed by atoms with E-state index in [-0.39, 0.29) is 6.47 Å². The maximum absolute atomic E-state index is 8.36. The van der Waals surface area contributed by atoms with Gasteiger partial charge in [0.2, 0.25) is 0 Å². The number of hydrogen-bond donors (Lipinski definition) is 2. The maximum Gasteiger partial charge on any atom is 0.290 e. The molecule has 128 valence electrons. The van der Waals surface area contributed by atoms with Crippen molar-refractivity contribution in [2.24, 2.45) is 0 Å². The molecule has 1 aliphatic heterocycles. The Hall–Kier alpha value is -1.89. The van der Waals surface area contributed by atoms with Crippen molar-refractivity contribution in [3.8, 4) is 17.2 Å². The van der Waals surface area contributed by atoms with Crippen molar-refractivity contribution < 1.29 is 19.4 Å². The first-order chi connectivity index (χ1) is 11.7. The molecule has 3 rings (SSSR count). The van der Waals surface area contributed by atoms with Gasteiger partial charge < -0.3 is 19.9 Å². The maximum atomic E-state index is 8.36. The van der Waals surface area contributed by atoms with Crippen LogP contribution >= 0.6 is 23.4 Å². The van der Waals surface area contributed by atoms with Crippen LogP contribution in [0.25, 0.3) is 0 Å². The van der Waals surface area contributed by atoms with E-state index in [0.29, 0.717) is 5.02 Å². The Kier molecular flexibility index (Phi) is 7.24. The number of thioether (sulfide) groups is 1. The number of hydrogen-bond acceptors (Lipinski definition) is 5. The minimum atomic E-state index is -0.250. The van der Waals surface area contributed by atoms with Crippen LogP contribution in [0.4, 0.5) is 0 Å². The van der Waals surface area contributed by atoms with Crippen LogP contribution in [0.1, 0.15) is 5.56 Å². The molecule has 0 aromatic heterocycles. The van der Waals surface area contributed by atoms with Gasteiger partial charge in [0, 0.05) is 33.8 Å². The van der Waals surface area contributed by atoms with Crippen molar-refractivity contribution in [3.63, 3.8) is 0 Å². The number of carbonyl (C=O) groups is 1. The normalized spacial score (nSPS) is 12.2. The Morgan fingerprint density at radius 1 is 1.38 bits per heavy atom. The smallest absolute Gasteiger partial charge is 0.290 e. The summed E-state index contributed by atoms with van der Waals surface area (Å²) in [4.78, 5) is 9.52. The minimum absolute atomic E-state index is 0.250. The minimum Gasteiger partial charge on any atom is -0.491 e. The third-order valence-corrected chi connectivity index (χ3v) is 4.39. The molecule has 2 aromatic carbocycles. The van der Waals surface area contributed by atoms with Gasteiger partial charge in [-0.1, -0.05) is 17.7 Å². The molecule has 0 aliphatic carbocycles. The third kappa shape index (κ3) is 5.06. The highest BCUT2D eigenvalue weighted by Gasteiger charge is 2.13. The summed E-state index contributed by atoms with van der Waals surface area (Å²) in [5, 5.41) is 10.7. The van der Waals surface area contributed by atoms with E-state index in [4.69, 9.17) is 31.0 Å². The number of ether oxygens (including phenoxy) is 2. The van der Waals surface area contributed by atoms with E-state index in [0.717, 1.165) is 46.6 Å². The van der Waals surface area contributed by atoms with Crippen molar-refractivity contribution in [3.05, 3.63) is 47.0 Å². The Labute approximate surface area is 149 Å². The molecule has 0 unspecified atom stereocenters. The molecule has 1 heterocycles. The van der Waals surface area contributed by atoms with Gasteiger partial charge in [0.1, 0.15) is 17.2 Å². The monoisotopic (exact) mass is 367 g/mol. The molecular weight excluding hydrogens is 350 g/mol. The highest BCUT2D eigenvalue weighted by atomic mass is 35.5. The highest BCUT2D eigenvalue weighted by molar-refractivity contribution is 7.99. The molecule has 5 nitrogen and oxygen atoms in total. The van der Waals surface area contributed by atoms with Gasteiger partial charge in [-0.15, -0.1) is 11.8 Å². The molecule has 0 fully saturated rings. The molecular formula is C17H18ClNO4S. The first-order valence-corrected chi connectivity index (χ1v) is 8.62. The van der Waals surface area contributed by atoms with E-state index in [2.05, 4.69) is 5.32 Å². The van der Waals surface area contributed by atoms with E-state index in [1.54, 1.807) is 11.8 Å². The Bertz CT molecular complexity index is 696. The van der Waals surface area contributed by atoms with Gasteiger partial charge in [0.05, 0.1) is 6.61 Å². The highest BCUT2D eigenvalue weighted by Crippen LogP contribution is 2.37. The summed E-state index contributed by atoms with van der Waals surface area (Å²) in [5.74, 6) is 3.41. The zero-order chi connectivity index (χ0) is 17.4. The molecule has 7 heteroatoms. The average Bonchev–Trinajstić information content (AvgIpc) is 2.58. The number of nitrogens with one attached hydrogen (secondary N) is 1. The van der Waals surface area contributed by atoms with Gasteiger partial charge in [0.15, 0.2) is 0 Å². The zero-order valence-corrected chi connectivity index (χ0v) is 14.7. The van der Waals surface area contributed by atoms with Crippen LogP contribution in [-0.4, -0.2) is 31.0 Å². The van der Waals surface area contributed by atoms with Gasteiger partial charge in [0.25, 0.3) is 6.47 Å². The standard InChI is InChI=1S/C16H16ClNO2S.CH2O2/c1-18-10-11-2-3-12(17)8-14(11)20-13-4-5-16-15(9-13)19-6-7-21-16;2-1-3/h2-5,8-9,18H,6-7,10H2,1H3;1H,(H,2,3). The van der Waals surface area contributed by atoms with E-state index >= 15 is 0 Å². The molecule has 0 atom stereocenters. The lowest BCUT2D eigenvalue weighted by atomic mass is 10.2. The predicted molar refractivity (Wildman–Crippen MR) is 95.6 cm³/mol. The summed E-state index contributed by atoms with van der Waals surface area (Å²) in [6, 6.07) is 11.6. The fourth-order valence-electron chi connectivity index (χ4n) is 2.17. The molecule has 0 saturated carbocycles. The van der Waals surface area contributed by atoms with Gasteiger partial charge >= 0.3 is 0 Å². The third-order valence-electron chi connectivity index (χ3n) is 3.14. The van der Waals surface area contributed by atoms with Crippen molar-refractivity contribution in [2.75, 3.05) is 19.4 Å². The fourth-order valence-corrected chi connectivity index (χ4v) is 3.15. The van der Waals surface area contributed by atoms with Gasteiger partial charge in [-0.05, 0) is 31.3 Å². The quantitative estimate of drug-likeness (QED) is 0.795. The van der Waals surface area contributed by atoms with Crippen molar-refractivity contribution in [2.45, 2.75) is 11.4 Å². The van der Waals surface area contributed by atoms with Crippen molar-refractivity contribution in [1.82, 2.24) is 5.32 Å². The van der Waals surface area contributed by atoms with Crippen LogP contribution in [0.2, 0.25) is 5.02 Å². The van der Waals surface area contributed by atoms with Crippen LogP contribution in [0, 0.1) is 0 Å². The molecule has 0 spiro atoms. The fraction of sp³-hybridized carbons (Fsp3) is 0.235. The summed E-state index contributed by atoms with van der Waals surface area (Å²) in [5.41, 5.74) is 1.06. The molecule has 2 aromatic rings. The van der Waals surface area contributed by atoms with Crippen molar-refractivity contribution >= 4 is 29.8 Å². The number of carboxylic acid groups (broad SMARTS) is 1. The lowest BCUT2D eigenvalue weighted by Crippen LogP contribution is -2.07. The van der Waals surface area contributed by atoms with Crippen LogP contribution in [0.15, 0.2) is 41.3 Å². The van der Waals surface area contributed by atoms with E-state index in [9.17, 15) is 0 Å². The molecule has 0 amide bonds. The second-order valence-corrected chi connectivity index (χ2v) is 6.37. The summed E-state index contributed by atoms with van der Waals surface area (Å²) in [6.07, 6.45) is 0. The average molecular weight is 368 g/mol. The van der Waals surface area contributed by atoms with Gasteiger partial charge in [-0.2, -0.15) is 0 Å². The Balaban J connectivity index is 0.000000647. The van der Waals surface area contributed by atoms with Gasteiger partial charge in [-0.3, -0.25) is 4.79 Å². The second-order valence-electron chi connectivity index (χ2n) is 4.80. The number of benzene rings is 2. The van der Waals surface area contributed by atoms with E-state index < -0.39 is 0 Å². The summed E-state index contributed by atoms with van der Waals surface area (Å²) in [7, 11) is 1.91. The second kappa shape index (κ2) is 9.42. The largest absolute Gasteiger partial charge is 0.491 e. The van der Waals surface area contributed by atoms with E-state index in [1.807, 2.05) is 43.4 Å². The predicted octanol–water partition coefficient (Wildman–Crippen LogP) is 4.04. The van der Waals surface area contributed by atoms with Crippen LogP contribution in [0.5, 0.6) is 17.2 Å². The Morgan fingerprint density at radius 3 is 2.92 bits per heavy atom. The number of halogens is 1. The van der Waals surface area contributed by atoms with Crippen LogP contribution in [-0.2, 0) is 11.3 Å². The van der Waals surface area contributed by atoms with Crippen molar-refractivity contribution in [1.29, 1.82) is 0 Å². The topological polar surface area (TPSA) is 67.8 Å². The number of rotatable bonds is 4. The zero-order valence-electron chi connectivity index (χ0n) is 13.1. The lowest BCUT2D eigenvalue weighted by Gasteiger charge is -2.18. The molecule has 0 saturated heterocycles. The van der Waals surface area contributed by atoms with Crippen LogP contribution in [0.3, 0.4) is 0 Å². The Morgan fingerprint density at radius 2 is 2.17 bits per heavy atom. The summed E-state index contributed by atoms with van der Waals surface area (Å²) < 4.78 is 11.7. The molecule has 1 aliphatic rings. The first kappa shape index (κ1) is 18.4. The first-order valence-electron chi connectivity index (χ1n) is 7.26. The molecule has 0 radical (unpaired) electrons. The summed E-state index contributed by atoms with van der Waals surface area (Å²) >= 11 is 7.88. The van der Waals surface area contributed by atoms with Crippen LogP contribution < -0.4 is 14.8 Å². The molecule has 2 N–H and O–H groups in total. The molecule has 24 heavy (non-hydrogen) atoms. The molecule has 0 bridgehead atoms. The van der Waals surface area contributed by atoms with E-state index in [1.165, 1.54) is 0 Å². The summed E-state index contributed by atoms with van der Waals surface area (Å²) in [6.45, 7) is 1.22.